The number of carbonyl (C=O) groups is 1. The number of rotatable bonds is 9. The molecule has 34 heavy (non-hydrogen) atoms. The van der Waals surface area contributed by atoms with E-state index in [0.717, 1.165) is 23.0 Å². The molecule has 0 bridgehead atoms. The van der Waals surface area contributed by atoms with Crippen LogP contribution in [-0.2, 0) is 14.8 Å². The summed E-state index contributed by atoms with van der Waals surface area (Å²) < 4.78 is 31.4. The van der Waals surface area contributed by atoms with Crippen molar-refractivity contribution in [1.82, 2.24) is 15.2 Å². The molecule has 2 aromatic heterocycles. The maximum atomic E-state index is 12.3. The van der Waals surface area contributed by atoms with Gasteiger partial charge in [0.25, 0.3) is 5.22 Å². The number of halogens is 1. The van der Waals surface area contributed by atoms with E-state index in [9.17, 15) is 13.2 Å². The number of amides is 1. The fourth-order valence-electron chi connectivity index (χ4n) is 2.68. The Hall–Kier alpha value is -2.93. The minimum absolute atomic E-state index is 0.0152. The van der Waals surface area contributed by atoms with Crippen molar-refractivity contribution in [2.24, 2.45) is 0 Å². The zero-order valence-corrected chi connectivity index (χ0v) is 20.9. The average molecular weight is 536 g/mol. The molecule has 1 amide bonds. The van der Waals surface area contributed by atoms with Gasteiger partial charge in [-0.3, -0.25) is 9.52 Å². The molecule has 2 N–H and O–H groups in total. The van der Waals surface area contributed by atoms with Gasteiger partial charge in [0.2, 0.25) is 21.8 Å². The third kappa shape index (κ3) is 6.35. The smallest absolute Gasteiger partial charge is 0.277 e. The largest absolute Gasteiger partial charge is 0.411 e. The molecule has 0 saturated heterocycles. The Morgan fingerprint density at radius 3 is 2.50 bits per heavy atom. The highest BCUT2D eigenvalue weighted by Crippen LogP contribution is 2.27. The number of hydrogen-bond acceptors (Lipinski definition) is 9. The Morgan fingerprint density at radius 2 is 1.79 bits per heavy atom. The zero-order chi connectivity index (χ0) is 24.1. The van der Waals surface area contributed by atoms with E-state index in [0.29, 0.717) is 21.4 Å². The van der Waals surface area contributed by atoms with Gasteiger partial charge in [0.1, 0.15) is 0 Å². The summed E-state index contributed by atoms with van der Waals surface area (Å²) in [5.41, 5.74) is 2.72. The van der Waals surface area contributed by atoms with Gasteiger partial charge in [-0.25, -0.2) is 13.4 Å². The maximum Gasteiger partial charge on any atom is 0.277 e. The lowest BCUT2D eigenvalue weighted by molar-refractivity contribution is -0.113. The van der Waals surface area contributed by atoms with E-state index in [2.05, 4.69) is 25.2 Å². The van der Waals surface area contributed by atoms with Gasteiger partial charge in [-0.2, -0.15) is 0 Å². The van der Waals surface area contributed by atoms with E-state index in [1.165, 1.54) is 11.3 Å². The SMILES string of the molecule is CCS(=O)(=O)Nc1ccc(-c2nnc(SCC(=O)Nc3nc(-c4ccc(Cl)cc4)cs3)o2)cc1. The van der Waals surface area contributed by atoms with Crippen molar-refractivity contribution in [3.8, 4) is 22.7 Å². The van der Waals surface area contributed by atoms with Crippen molar-refractivity contribution in [3.63, 3.8) is 0 Å². The highest BCUT2D eigenvalue weighted by Gasteiger charge is 2.14. The first kappa shape index (κ1) is 24.2. The molecule has 0 spiro atoms. The minimum atomic E-state index is -3.35. The van der Waals surface area contributed by atoms with Crippen LogP contribution in [0.25, 0.3) is 22.7 Å². The first-order chi connectivity index (χ1) is 16.3. The highest BCUT2D eigenvalue weighted by molar-refractivity contribution is 7.99. The number of anilines is 2. The van der Waals surface area contributed by atoms with E-state index in [4.69, 9.17) is 16.0 Å². The van der Waals surface area contributed by atoms with Crippen LogP contribution in [0.4, 0.5) is 10.8 Å². The number of hydrogen-bond donors (Lipinski definition) is 2. The van der Waals surface area contributed by atoms with Crippen molar-refractivity contribution in [2.75, 3.05) is 21.5 Å². The van der Waals surface area contributed by atoms with Gasteiger partial charge in [0.15, 0.2) is 5.13 Å². The molecule has 4 aromatic rings. The lowest BCUT2D eigenvalue weighted by Crippen LogP contribution is -2.14. The van der Waals surface area contributed by atoms with Crippen LogP contribution in [0.2, 0.25) is 5.02 Å². The van der Waals surface area contributed by atoms with Crippen LogP contribution in [0.15, 0.2) is 63.6 Å². The first-order valence-electron chi connectivity index (χ1n) is 9.90. The lowest BCUT2D eigenvalue weighted by Gasteiger charge is -2.05. The van der Waals surface area contributed by atoms with Gasteiger partial charge < -0.3 is 9.73 Å². The average Bonchev–Trinajstić information content (AvgIpc) is 3.48. The number of nitrogens with zero attached hydrogens (tertiary/aromatic N) is 3. The Bertz CT molecular complexity index is 1390. The van der Waals surface area contributed by atoms with E-state index < -0.39 is 10.0 Å². The van der Waals surface area contributed by atoms with Crippen molar-refractivity contribution in [1.29, 1.82) is 0 Å². The van der Waals surface area contributed by atoms with E-state index in [1.807, 2.05) is 17.5 Å². The number of carbonyl (C=O) groups excluding carboxylic acids is 1. The number of nitrogens with one attached hydrogen (secondary N) is 2. The van der Waals surface area contributed by atoms with Crippen LogP contribution in [0.1, 0.15) is 6.92 Å². The van der Waals surface area contributed by atoms with Crippen molar-refractivity contribution in [2.45, 2.75) is 12.1 Å². The van der Waals surface area contributed by atoms with Crippen molar-refractivity contribution < 1.29 is 17.6 Å². The minimum Gasteiger partial charge on any atom is -0.411 e. The Balaban J connectivity index is 1.31. The Kier molecular flexibility index (Phi) is 7.51. The molecule has 0 aliphatic carbocycles. The van der Waals surface area contributed by atoms with E-state index in [-0.39, 0.29) is 28.5 Å². The van der Waals surface area contributed by atoms with Crippen LogP contribution in [0.3, 0.4) is 0 Å². The summed E-state index contributed by atoms with van der Waals surface area (Å²) in [5.74, 6) is 0.0584. The van der Waals surface area contributed by atoms with Gasteiger partial charge in [0, 0.05) is 27.2 Å². The maximum absolute atomic E-state index is 12.3. The summed E-state index contributed by atoms with van der Waals surface area (Å²) in [6.45, 7) is 1.56. The van der Waals surface area contributed by atoms with Gasteiger partial charge >= 0.3 is 0 Å². The third-order valence-corrected chi connectivity index (χ3v) is 7.54. The predicted octanol–water partition coefficient (Wildman–Crippen LogP) is 5.01. The fourth-order valence-corrected chi connectivity index (χ4v) is 4.75. The normalized spacial score (nSPS) is 11.4. The van der Waals surface area contributed by atoms with Crippen LogP contribution in [0.5, 0.6) is 0 Å². The molecule has 0 aliphatic rings. The van der Waals surface area contributed by atoms with E-state index in [1.54, 1.807) is 43.3 Å². The van der Waals surface area contributed by atoms with Gasteiger partial charge in [-0.05, 0) is 43.3 Å². The molecule has 0 fully saturated rings. The number of sulfonamides is 1. The first-order valence-corrected chi connectivity index (χ1v) is 13.8. The highest BCUT2D eigenvalue weighted by atomic mass is 35.5. The van der Waals surface area contributed by atoms with Gasteiger partial charge in [0.05, 0.1) is 17.2 Å². The summed E-state index contributed by atoms with van der Waals surface area (Å²) in [7, 11) is -3.35. The van der Waals surface area contributed by atoms with Gasteiger partial charge in [-0.15, -0.1) is 21.5 Å². The second kappa shape index (κ2) is 10.6. The van der Waals surface area contributed by atoms with Gasteiger partial charge in [-0.1, -0.05) is 35.5 Å². The second-order valence-corrected chi connectivity index (χ2v) is 11.1. The summed E-state index contributed by atoms with van der Waals surface area (Å²) in [5, 5.41) is 13.9. The molecule has 2 aromatic carbocycles. The molecule has 13 heteroatoms. The molecule has 4 rings (SSSR count). The standard InChI is InChI=1S/C21H18ClN5O4S3/c1-2-34(29,30)27-16-9-5-14(6-10-16)19-25-26-21(31-19)33-12-18(28)24-20-23-17(11-32-20)13-3-7-15(22)8-4-13/h3-11,27H,2,12H2,1H3,(H,23,24,28). The van der Waals surface area contributed by atoms with Crippen molar-refractivity contribution >= 4 is 61.4 Å². The van der Waals surface area contributed by atoms with Crippen LogP contribution < -0.4 is 10.0 Å². The summed E-state index contributed by atoms with van der Waals surface area (Å²) >= 11 is 8.34. The summed E-state index contributed by atoms with van der Waals surface area (Å²) in [6, 6.07) is 13.9. The van der Waals surface area contributed by atoms with Crippen molar-refractivity contribution in [3.05, 3.63) is 58.9 Å². The summed E-state index contributed by atoms with van der Waals surface area (Å²) in [6.07, 6.45) is 0. The third-order valence-electron chi connectivity index (χ3n) is 4.41. The zero-order valence-electron chi connectivity index (χ0n) is 17.7. The lowest BCUT2D eigenvalue weighted by atomic mass is 10.2. The van der Waals surface area contributed by atoms with Crippen LogP contribution in [-0.4, -0.2) is 41.0 Å². The molecular weight excluding hydrogens is 518 g/mol. The monoisotopic (exact) mass is 535 g/mol. The molecule has 0 unspecified atom stereocenters. The Labute approximate surface area is 209 Å². The van der Waals surface area contributed by atoms with Crippen LogP contribution in [0, 0.1) is 0 Å². The fraction of sp³-hybridized carbons (Fsp3) is 0.143. The number of aromatic nitrogens is 3. The Morgan fingerprint density at radius 1 is 1.09 bits per heavy atom. The quantitative estimate of drug-likeness (QED) is 0.286. The second-order valence-electron chi connectivity index (χ2n) is 6.84. The molecule has 0 saturated carbocycles. The molecule has 0 radical (unpaired) electrons. The number of thiazole rings is 1. The molecule has 2 heterocycles. The van der Waals surface area contributed by atoms with E-state index >= 15 is 0 Å². The molecule has 9 nitrogen and oxygen atoms in total. The molecule has 0 atom stereocenters. The molecule has 176 valence electrons. The number of benzene rings is 2. The molecular formula is C21H18ClN5O4S3. The number of thioether (sulfide) groups is 1. The summed E-state index contributed by atoms with van der Waals surface area (Å²) in [4.78, 5) is 16.7. The molecule has 0 aliphatic heterocycles. The van der Waals surface area contributed by atoms with Crippen LogP contribution >= 0.6 is 34.7 Å². The topological polar surface area (TPSA) is 127 Å². The predicted molar refractivity (Wildman–Crippen MR) is 135 cm³/mol.